The lowest BCUT2D eigenvalue weighted by atomic mass is 10.1. The van der Waals surface area contributed by atoms with Crippen LogP contribution in [0.5, 0.6) is 0 Å². The van der Waals surface area contributed by atoms with Crippen molar-refractivity contribution in [2.24, 2.45) is 0 Å². The summed E-state index contributed by atoms with van der Waals surface area (Å²) in [5.41, 5.74) is 2.35. The molecule has 0 amide bonds. The van der Waals surface area contributed by atoms with Gasteiger partial charge >= 0.3 is 0 Å². The first-order valence-corrected chi connectivity index (χ1v) is 7.59. The predicted octanol–water partition coefficient (Wildman–Crippen LogP) is 2.99. The summed E-state index contributed by atoms with van der Waals surface area (Å²) in [6, 6.07) is 6.39. The summed E-state index contributed by atoms with van der Waals surface area (Å²) in [7, 11) is 0. The Bertz CT molecular complexity index is 426. The van der Waals surface area contributed by atoms with Crippen LogP contribution < -0.4 is 10.2 Å². The highest BCUT2D eigenvalue weighted by molar-refractivity contribution is 6.33. The first-order chi connectivity index (χ1) is 9.34. The van der Waals surface area contributed by atoms with E-state index in [-0.39, 0.29) is 6.10 Å². The fourth-order valence-electron chi connectivity index (χ4n) is 2.89. The molecule has 2 aliphatic rings. The van der Waals surface area contributed by atoms with Crippen LogP contribution in [0.25, 0.3) is 0 Å². The average Bonchev–Trinajstić information content (AvgIpc) is 2.49. The van der Waals surface area contributed by atoms with E-state index in [1.807, 2.05) is 0 Å². The molecule has 3 nitrogen and oxygen atoms in total. The molecule has 1 unspecified atom stereocenters. The molecule has 0 spiro atoms. The molecule has 4 heteroatoms. The van der Waals surface area contributed by atoms with Gasteiger partial charge in [-0.3, -0.25) is 0 Å². The van der Waals surface area contributed by atoms with Gasteiger partial charge in [0.1, 0.15) is 0 Å². The molecule has 2 fully saturated rings. The number of anilines is 1. The molecule has 1 atom stereocenters. The van der Waals surface area contributed by atoms with E-state index in [0.717, 1.165) is 37.8 Å². The van der Waals surface area contributed by atoms with E-state index in [0.29, 0.717) is 0 Å². The molecular formula is C15H21ClN2O. The number of hydrogen-bond donors (Lipinski definition) is 1. The van der Waals surface area contributed by atoms with Gasteiger partial charge in [-0.2, -0.15) is 0 Å². The molecule has 0 aliphatic carbocycles. The molecule has 2 saturated heterocycles. The number of ether oxygens (including phenoxy) is 1. The molecule has 104 valence electrons. The Morgan fingerprint density at radius 2 is 2.05 bits per heavy atom. The standard InChI is InChI=1S/C15H21ClN2O/c16-13-10-12(15-11-17-6-9-19-15)4-5-14(13)18-7-2-1-3-8-18/h4-5,10,15,17H,1-3,6-9,11H2. The molecule has 3 rings (SSSR count). The molecular weight excluding hydrogens is 260 g/mol. The van der Waals surface area contributed by atoms with Gasteiger partial charge < -0.3 is 15.0 Å². The molecule has 0 radical (unpaired) electrons. The van der Waals surface area contributed by atoms with Gasteiger partial charge in [0.05, 0.1) is 23.4 Å². The van der Waals surface area contributed by atoms with Crippen LogP contribution in [0.3, 0.4) is 0 Å². The van der Waals surface area contributed by atoms with E-state index >= 15 is 0 Å². The molecule has 0 bridgehead atoms. The number of benzene rings is 1. The maximum atomic E-state index is 6.46. The zero-order valence-corrected chi connectivity index (χ0v) is 12.0. The summed E-state index contributed by atoms with van der Waals surface area (Å²) in [5, 5.41) is 4.21. The molecule has 19 heavy (non-hydrogen) atoms. The Hall–Kier alpha value is -0.770. The van der Waals surface area contributed by atoms with Crippen molar-refractivity contribution in [1.82, 2.24) is 5.32 Å². The number of morpholine rings is 1. The molecule has 2 aliphatic heterocycles. The quantitative estimate of drug-likeness (QED) is 0.901. The van der Waals surface area contributed by atoms with Gasteiger partial charge in [0.25, 0.3) is 0 Å². The fourth-order valence-corrected chi connectivity index (χ4v) is 3.20. The van der Waals surface area contributed by atoms with Crippen molar-refractivity contribution >= 4 is 17.3 Å². The monoisotopic (exact) mass is 280 g/mol. The molecule has 1 aromatic rings. The molecule has 1 aromatic carbocycles. The zero-order valence-electron chi connectivity index (χ0n) is 11.2. The van der Waals surface area contributed by atoms with Gasteiger partial charge in [-0.15, -0.1) is 0 Å². The van der Waals surface area contributed by atoms with Gasteiger partial charge in [-0.25, -0.2) is 0 Å². The minimum absolute atomic E-state index is 0.140. The number of rotatable bonds is 2. The van der Waals surface area contributed by atoms with Crippen molar-refractivity contribution < 1.29 is 4.74 Å². The maximum Gasteiger partial charge on any atom is 0.0950 e. The van der Waals surface area contributed by atoms with E-state index in [1.165, 1.54) is 30.5 Å². The maximum absolute atomic E-state index is 6.46. The van der Waals surface area contributed by atoms with E-state index in [9.17, 15) is 0 Å². The highest BCUT2D eigenvalue weighted by Crippen LogP contribution is 2.31. The summed E-state index contributed by atoms with van der Waals surface area (Å²) in [6.45, 7) is 4.84. The van der Waals surface area contributed by atoms with Crippen molar-refractivity contribution in [1.29, 1.82) is 0 Å². The zero-order chi connectivity index (χ0) is 13.1. The minimum atomic E-state index is 0.140. The van der Waals surface area contributed by atoms with Crippen LogP contribution in [0.15, 0.2) is 18.2 Å². The fraction of sp³-hybridized carbons (Fsp3) is 0.600. The van der Waals surface area contributed by atoms with Crippen LogP contribution in [0.4, 0.5) is 5.69 Å². The second-order valence-electron chi connectivity index (χ2n) is 5.32. The Morgan fingerprint density at radius 1 is 1.21 bits per heavy atom. The van der Waals surface area contributed by atoms with Gasteiger partial charge in [-0.1, -0.05) is 17.7 Å². The molecule has 0 saturated carbocycles. The number of nitrogens with one attached hydrogen (secondary N) is 1. The Balaban J connectivity index is 1.76. The third kappa shape index (κ3) is 3.04. The normalized spacial score (nSPS) is 24.5. The van der Waals surface area contributed by atoms with Crippen LogP contribution in [0.2, 0.25) is 5.02 Å². The Morgan fingerprint density at radius 3 is 2.74 bits per heavy atom. The van der Waals surface area contributed by atoms with E-state index in [4.69, 9.17) is 16.3 Å². The molecule has 2 heterocycles. The molecule has 0 aromatic heterocycles. The topological polar surface area (TPSA) is 24.5 Å². The summed E-state index contributed by atoms with van der Waals surface area (Å²) in [4.78, 5) is 2.40. The smallest absolute Gasteiger partial charge is 0.0950 e. The van der Waals surface area contributed by atoms with Crippen molar-refractivity contribution in [2.75, 3.05) is 37.7 Å². The van der Waals surface area contributed by atoms with Crippen LogP contribution >= 0.6 is 11.6 Å². The van der Waals surface area contributed by atoms with E-state index in [1.54, 1.807) is 0 Å². The first kappa shape index (κ1) is 13.2. The van der Waals surface area contributed by atoms with Gasteiger partial charge in [0.15, 0.2) is 0 Å². The van der Waals surface area contributed by atoms with Crippen molar-refractivity contribution in [3.05, 3.63) is 28.8 Å². The largest absolute Gasteiger partial charge is 0.371 e. The summed E-state index contributed by atoms with van der Waals surface area (Å²) in [6.07, 6.45) is 4.02. The minimum Gasteiger partial charge on any atom is -0.371 e. The lowest BCUT2D eigenvalue weighted by molar-refractivity contribution is 0.0277. The van der Waals surface area contributed by atoms with Crippen LogP contribution in [0.1, 0.15) is 30.9 Å². The van der Waals surface area contributed by atoms with E-state index < -0.39 is 0 Å². The Labute approximate surface area is 119 Å². The van der Waals surface area contributed by atoms with Crippen LogP contribution in [-0.2, 0) is 4.74 Å². The highest BCUT2D eigenvalue weighted by Gasteiger charge is 2.19. The highest BCUT2D eigenvalue weighted by atomic mass is 35.5. The third-order valence-electron chi connectivity index (χ3n) is 3.97. The van der Waals surface area contributed by atoms with Crippen molar-refractivity contribution in [2.45, 2.75) is 25.4 Å². The average molecular weight is 281 g/mol. The SMILES string of the molecule is Clc1cc(C2CNCCO2)ccc1N1CCCCC1. The second-order valence-corrected chi connectivity index (χ2v) is 5.73. The van der Waals surface area contributed by atoms with Crippen LogP contribution in [-0.4, -0.2) is 32.8 Å². The number of nitrogens with zero attached hydrogens (tertiary/aromatic N) is 1. The second kappa shape index (κ2) is 6.12. The van der Waals surface area contributed by atoms with Gasteiger partial charge in [-0.05, 0) is 37.0 Å². The van der Waals surface area contributed by atoms with Crippen molar-refractivity contribution in [3.8, 4) is 0 Å². The Kier molecular flexibility index (Phi) is 4.26. The summed E-state index contributed by atoms with van der Waals surface area (Å²) >= 11 is 6.46. The summed E-state index contributed by atoms with van der Waals surface area (Å²) in [5.74, 6) is 0. The first-order valence-electron chi connectivity index (χ1n) is 7.21. The lowest BCUT2D eigenvalue weighted by Crippen LogP contribution is -2.33. The number of piperidine rings is 1. The lowest BCUT2D eigenvalue weighted by Gasteiger charge is -2.30. The summed E-state index contributed by atoms with van der Waals surface area (Å²) < 4.78 is 5.77. The number of halogens is 1. The van der Waals surface area contributed by atoms with E-state index in [2.05, 4.69) is 28.4 Å². The van der Waals surface area contributed by atoms with Gasteiger partial charge in [0.2, 0.25) is 0 Å². The third-order valence-corrected chi connectivity index (χ3v) is 4.27. The van der Waals surface area contributed by atoms with Crippen LogP contribution in [0, 0.1) is 0 Å². The van der Waals surface area contributed by atoms with Gasteiger partial charge in [0, 0.05) is 26.2 Å². The number of hydrogen-bond acceptors (Lipinski definition) is 3. The van der Waals surface area contributed by atoms with Crippen molar-refractivity contribution in [3.63, 3.8) is 0 Å². The predicted molar refractivity (Wildman–Crippen MR) is 79.1 cm³/mol. The molecule has 1 N–H and O–H groups in total.